The van der Waals surface area contributed by atoms with Crippen LogP contribution in [0.15, 0.2) is 209 Å². The van der Waals surface area contributed by atoms with Crippen molar-refractivity contribution in [2.24, 2.45) is 0 Å². The standard InChI is InChI=1S/C55H33N3O2S2/c1-3-14-35(15-4-1)57(37-27-29-52-44(31-37)42-20-9-11-24-50(42)61-52)38-32-45-53(60-55(56-45)34-26-28-40-39-18-7-10-23-48(39)59-49(40)30-34)47(33-38)58(36-16-5-2-6-17-36)46-22-13-21-43-41-19-8-12-25-51(41)62-54(43)46/h1-33H. The minimum atomic E-state index is 0.520. The van der Waals surface area contributed by atoms with Crippen molar-refractivity contribution in [2.75, 3.05) is 9.80 Å². The van der Waals surface area contributed by atoms with E-state index in [0.29, 0.717) is 11.5 Å². The van der Waals surface area contributed by atoms with Gasteiger partial charge in [0.15, 0.2) is 5.58 Å². The van der Waals surface area contributed by atoms with Gasteiger partial charge in [-0.05, 0) is 97.1 Å². The Bertz CT molecular complexity index is 3850. The van der Waals surface area contributed by atoms with E-state index in [1.807, 2.05) is 46.9 Å². The minimum absolute atomic E-state index is 0.520. The molecular formula is C55H33N3O2S2. The predicted octanol–water partition coefficient (Wildman–Crippen LogP) is 17.1. The molecule has 0 saturated carbocycles. The van der Waals surface area contributed by atoms with Gasteiger partial charge in [-0.15, -0.1) is 22.7 Å². The summed E-state index contributed by atoms with van der Waals surface area (Å²) in [6, 6.07) is 70.8. The Morgan fingerprint density at radius 3 is 1.82 bits per heavy atom. The molecule has 0 aliphatic rings. The van der Waals surface area contributed by atoms with Crippen LogP contribution in [0.3, 0.4) is 0 Å². The molecule has 0 N–H and O–H groups in total. The fraction of sp³-hybridized carbons (Fsp3) is 0. The van der Waals surface area contributed by atoms with Gasteiger partial charge in [0, 0.05) is 69.0 Å². The summed E-state index contributed by atoms with van der Waals surface area (Å²) < 4.78 is 18.4. The first-order valence-electron chi connectivity index (χ1n) is 20.6. The lowest BCUT2D eigenvalue weighted by molar-refractivity contribution is 0.619. The summed E-state index contributed by atoms with van der Waals surface area (Å²) >= 11 is 3.64. The molecule has 62 heavy (non-hydrogen) atoms. The Labute approximate surface area is 363 Å². The van der Waals surface area contributed by atoms with Gasteiger partial charge in [-0.25, -0.2) is 4.98 Å². The van der Waals surface area contributed by atoms with Gasteiger partial charge in [0.2, 0.25) is 5.89 Å². The highest BCUT2D eigenvalue weighted by atomic mass is 32.1. The molecule has 0 spiro atoms. The summed E-state index contributed by atoms with van der Waals surface area (Å²) in [5.74, 6) is 0.520. The van der Waals surface area contributed by atoms with Gasteiger partial charge in [-0.1, -0.05) is 103 Å². The number of thiophene rings is 2. The average Bonchev–Trinajstić information content (AvgIpc) is 4.11. The Hall–Kier alpha value is -7.71. The normalized spacial score (nSPS) is 11.9. The number of aromatic nitrogens is 1. The predicted molar refractivity (Wildman–Crippen MR) is 262 cm³/mol. The monoisotopic (exact) mass is 831 g/mol. The lowest BCUT2D eigenvalue weighted by Gasteiger charge is -2.29. The highest BCUT2D eigenvalue weighted by Gasteiger charge is 2.26. The third-order valence-electron chi connectivity index (χ3n) is 11.9. The van der Waals surface area contributed by atoms with Gasteiger partial charge in [-0.3, -0.25) is 0 Å². The molecule has 0 aliphatic heterocycles. The van der Waals surface area contributed by atoms with Crippen LogP contribution in [0.5, 0.6) is 0 Å². The lowest BCUT2D eigenvalue weighted by atomic mass is 10.1. The second kappa shape index (κ2) is 13.9. The zero-order valence-corrected chi connectivity index (χ0v) is 34.7. The van der Waals surface area contributed by atoms with E-state index in [9.17, 15) is 0 Å². The average molecular weight is 832 g/mol. The van der Waals surface area contributed by atoms with Gasteiger partial charge in [-0.2, -0.15) is 0 Å². The number of furan rings is 1. The van der Waals surface area contributed by atoms with Crippen molar-refractivity contribution in [3.05, 3.63) is 200 Å². The first kappa shape index (κ1) is 35.1. The second-order valence-electron chi connectivity index (χ2n) is 15.5. The molecule has 0 saturated heterocycles. The van der Waals surface area contributed by atoms with Gasteiger partial charge < -0.3 is 18.6 Å². The number of oxazole rings is 1. The van der Waals surface area contributed by atoms with Crippen molar-refractivity contribution in [1.29, 1.82) is 0 Å². The van der Waals surface area contributed by atoms with E-state index in [2.05, 4.69) is 186 Å². The summed E-state index contributed by atoms with van der Waals surface area (Å²) in [6.07, 6.45) is 0. The summed E-state index contributed by atoms with van der Waals surface area (Å²) in [7, 11) is 0. The van der Waals surface area contributed by atoms with Crippen LogP contribution in [0.25, 0.3) is 84.8 Å². The highest BCUT2D eigenvalue weighted by Crippen LogP contribution is 2.50. The fourth-order valence-corrected chi connectivity index (χ4v) is 11.3. The van der Waals surface area contributed by atoms with Crippen molar-refractivity contribution in [3.63, 3.8) is 0 Å². The third kappa shape index (κ3) is 5.56. The van der Waals surface area contributed by atoms with E-state index >= 15 is 0 Å². The number of para-hydroxylation sites is 3. The zero-order chi connectivity index (χ0) is 40.7. The topological polar surface area (TPSA) is 45.7 Å². The molecule has 13 aromatic rings. The largest absolute Gasteiger partial charge is 0.456 e. The fourth-order valence-electron chi connectivity index (χ4n) is 9.05. The third-order valence-corrected chi connectivity index (χ3v) is 14.2. The molecule has 0 unspecified atom stereocenters. The molecule has 0 radical (unpaired) electrons. The van der Waals surface area contributed by atoms with Gasteiger partial charge in [0.05, 0.1) is 21.8 Å². The maximum atomic E-state index is 7.04. The van der Waals surface area contributed by atoms with E-state index in [-0.39, 0.29) is 0 Å². The van der Waals surface area contributed by atoms with Crippen LogP contribution in [0, 0.1) is 0 Å². The molecule has 0 fully saturated rings. The van der Waals surface area contributed by atoms with Crippen molar-refractivity contribution < 1.29 is 8.83 Å². The van der Waals surface area contributed by atoms with Crippen LogP contribution in [0.4, 0.5) is 34.1 Å². The molecule has 7 heteroatoms. The zero-order valence-electron chi connectivity index (χ0n) is 33.0. The number of nitrogens with zero attached hydrogens (tertiary/aromatic N) is 3. The van der Waals surface area contributed by atoms with E-state index < -0.39 is 0 Å². The molecule has 0 atom stereocenters. The number of anilines is 6. The summed E-state index contributed by atoms with van der Waals surface area (Å²) in [4.78, 5) is 10.0. The Morgan fingerprint density at radius 2 is 1.02 bits per heavy atom. The number of hydrogen-bond donors (Lipinski definition) is 0. The quantitative estimate of drug-likeness (QED) is 0.160. The smallest absolute Gasteiger partial charge is 0.227 e. The SMILES string of the molecule is c1ccc(N(c2cc(N(c3ccccc3)c3cccc4c3sc3ccccc34)c3oc(-c4ccc5c(c4)oc4ccccc45)nc3c2)c2ccc3sc4ccccc4c3c2)cc1. The van der Waals surface area contributed by atoms with Crippen LogP contribution in [-0.4, -0.2) is 4.98 Å². The highest BCUT2D eigenvalue weighted by molar-refractivity contribution is 7.26. The second-order valence-corrected chi connectivity index (χ2v) is 17.6. The van der Waals surface area contributed by atoms with Crippen LogP contribution < -0.4 is 9.80 Å². The number of hydrogen-bond acceptors (Lipinski definition) is 7. The maximum absolute atomic E-state index is 7.04. The van der Waals surface area contributed by atoms with E-state index in [1.165, 1.54) is 40.3 Å². The summed E-state index contributed by atoms with van der Waals surface area (Å²) in [6.45, 7) is 0. The molecule has 292 valence electrons. The van der Waals surface area contributed by atoms with Crippen molar-refractivity contribution >= 4 is 130 Å². The first-order valence-corrected chi connectivity index (χ1v) is 22.2. The number of benzene rings is 9. The number of fused-ring (bicyclic) bond motifs is 10. The van der Waals surface area contributed by atoms with Crippen LogP contribution >= 0.6 is 22.7 Å². The molecule has 0 amide bonds. The van der Waals surface area contributed by atoms with Crippen LogP contribution in [0.1, 0.15) is 0 Å². The molecule has 4 aromatic heterocycles. The van der Waals surface area contributed by atoms with Crippen LogP contribution in [0.2, 0.25) is 0 Å². The van der Waals surface area contributed by atoms with E-state index in [1.54, 1.807) is 0 Å². The van der Waals surface area contributed by atoms with Crippen molar-refractivity contribution in [2.45, 2.75) is 0 Å². The summed E-state index contributed by atoms with van der Waals surface area (Å²) in [5, 5.41) is 7.10. The van der Waals surface area contributed by atoms with Gasteiger partial charge in [0.1, 0.15) is 16.7 Å². The van der Waals surface area contributed by atoms with E-state index in [0.717, 1.165) is 67.1 Å². The molecule has 5 nitrogen and oxygen atoms in total. The number of rotatable bonds is 7. The molecule has 13 rings (SSSR count). The van der Waals surface area contributed by atoms with E-state index in [4.69, 9.17) is 13.8 Å². The van der Waals surface area contributed by atoms with Crippen molar-refractivity contribution in [3.8, 4) is 11.5 Å². The van der Waals surface area contributed by atoms with Gasteiger partial charge >= 0.3 is 0 Å². The Kier molecular flexibility index (Phi) is 7.88. The Morgan fingerprint density at radius 1 is 0.371 bits per heavy atom. The lowest BCUT2D eigenvalue weighted by Crippen LogP contribution is -2.13. The minimum Gasteiger partial charge on any atom is -0.456 e. The van der Waals surface area contributed by atoms with Gasteiger partial charge in [0.25, 0.3) is 0 Å². The Balaban J connectivity index is 1.09. The maximum Gasteiger partial charge on any atom is 0.227 e. The molecule has 9 aromatic carbocycles. The van der Waals surface area contributed by atoms with Crippen LogP contribution in [-0.2, 0) is 0 Å². The molecule has 0 bridgehead atoms. The van der Waals surface area contributed by atoms with Crippen molar-refractivity contribution in [1.82, 2.24) is 4.98 Å². The molecule has 4 heterocycles. The molecular weight excluding hydrogens is 799 g/mol. The summed E-state index contributed by atoms with van der Waals surface area (Å²) in [5.41, 5.74) is 9.90. The first-order chi connectivity index (χ1) is 30.7. The molecule has 0 aliphatic carbocycles.